The van der Waals surface area contributed by atoms with Crippen LogP contribution in [-0.4, -0.2) is 30.8 Å². The van der Waals surface area contributed by atoms with E-state index in [1.54, 1.807) is 85.7 Å². The first kappa shape index (κ1) is 20.3. The average Bonchev–Trinajstić information content (AvgIpc) is 2.83. The van der Waals surface area contributed by atoms with Gasteiger partial charge in [0, 0.05) is 37.2 Å². The van der Waals surface area contributed by atoms with Crippen molar-refractivity contribution in [3.8, 4) is 0 Å². The molecule has 0 atom stereocenters. The maximum absolute atomic E-state index is 12.9. The zero-order chi connectivity index (χ0) is 21.5. The van der Waals surface area contributed by atoms with E-state index in [1.165, 1.54) is 0 Å². The van der Waals surface area contributed by atoms with Crippen LogP contribution in [0, 0.1) is 0 Å². The van der Waals surface area contributed by atoms with Gasteiger partial charge in [0.2, 0.25) is 9.84 Å². The molecule has 0 aliphatic carbocycles. The predicted molar refractivity (Wildman–Crippen MR) is 121 cm³/mol. The van der Waals surface area contributed by atoms with E-state index in [-0.39, 0.29) is 9.79 Å². The zero-order valence-electron chi connectivity index (χ0n) is 16.4. The van der Waals surface area contributed by atoms with Gasteiger partial charge in [-0.1, -0.05) is 0 Å². The molecule has 31 heavy (non-hydrogen) atoms. The Morgan fingerprint density at radius 3 is 1.26 bits per heavy atom. The van der Waals surface area contributed by atoms with Gasteiger partial charge in [-0.15, -0.1) is 0 Å². The molecule has 2 aromatic heterocycles. The van der Waals surface area contributed by atoms with Crippen molar-refractivity contribution < 1.29 is 8.42 Å². The summed E-state index contributed by atoms with van der Waals surface area (Å²) in [6.45, 7) is 0. The van der Waals surface area contributed by atoms with E-state index < -0.39 is 9.84 Å². The summed E-state index contributed by atoms with van der Waals surface area (Å²) in [7, 11) is -3.63. The van der Waals surface area contributed by atoms with Crippen molar-refractivity contribution in [2.75, 3.05) is 0 Å². The summed E-state index contributed by atoms with van der Waals surface area (Å²) in [5, 5.41) is 0. The first-order valence-corrected chi connectivity index (χ1v) is 10.9. The summed E-state index contributed by atoms with van der Waals surface area (Å²) in [4.78, 5) is 17.1. The summed E-state index contributed by atoms with van der Waals surface area (Å²) < 4.78 is 25.8. The van der Waals surface area contributed by atoms with E-state index in [4.69, 9.17) is 0 Å². The number of aromatic nitrogens is 2. The molecular weight excluding hydrogens is 408 g/mol. The Labute approximate surface area is 180 Å². The lowest BCUT2D eigenvalue weighted by Crippen LogP contribution is -2.01. The van der Waals surface area contributed by atoms with Crippen LogP contribution >= 0.6 is 0 Å². The third-order valence-electron chi connectivity index (χ3n) is 4.43. The van der Waals surface area contributed by atoms with Crippen LogP contribution in [0.1, 0.15) is 11.1 Å². The smallest absolute Gasteiger partial charge is 0.206 e. The van der Waals surface area contributed by atoms with Crippen molar-refractivity contribution >= 4 is 33.6 Å². The van der Waals surface area contributed by atoms with Crippen molar-refractivity contribution in [2.24, 2.45) is 9.98 Å². The number of benzene rings is 2. The van der Waals surface area contributed by atoms with Gasteiger partial charge in [-0.2, -0.15) is 0 Å². The third kappa shape index (κ3) is 5.15. The van der Waals surface area contributed by atoms with Crippen LogP contribution in [0.15, 0.2) is 117 Å². The van der Waals surface area contributed by atoms with Gasteiger partial charge in [-0.3, -0.25) is 20.0 Å². The molecule has 4 rings (SSSR count). The predicted octanol–water partition coefficient (Wildman–Crippen LogP) is 4.81. The summed E-state index contributed by atoms with van der Waals surface area (Å²) in [5.41, 5.74) is 3.16. The van der Waals surface area contributed by atoms with Gasteiger partial charge < -0.3 is 0 Å². The molecular formula is C24H18N4O2S. The molecule has 0 aliphatic rings. The van der Waals surface area contributed by atoms with E-state index in [2.05, 4.69) is 20.0 Å². The molecule has 0 fully saturated rings. The van der Waals surface area contributed by atoms with Gasteiger partial charge in [0.15, 0.2) is 0 Å². The molecule has 2 aromatic carbocycles. The monoisotopic (exact) mass is 426 g/mol. The number of hydrogen-bond donors (Lipinski definition) is 0. The normalized spacial score (nSPS) is 11.9. The van der Waals surface area contributed by atoms with Crippen molar-refractivity contribution in [3.05, 3.63) is 109 Å². The van der Waals surface area contributed by atoms with Crippen LogP contribution in [0.5, 0.6) is 0 Å². The number of nitrogens with zero attached hydrogens (tertiary/aromatic N) is 4. The molecule has 6 nitrogen and oxygen atoms in total. The molecule has 0 unspecified atom stereocenters. The second-order valence-electron chi connectivity index (χ2n) is 6.57. The fourth-order valence-corrected chi connectivity index (χ4v) is 4.02. The summed E-state index contributed by atoms with van der Waals surface area (Å²) in [6, 6.07) is 20.3. The van der Waals surface area contributed by atoms with Gasteiger partial charge >= 0.3 is 0 Å². The lowest BCUT2D eigenvalue weighted by atomic mass is 10.3. The fraction of sp³-hybridized carbons (Fsp3) is 0. The minimum atomic E-state index is -3.63. The molecule has 7 heteroatoms. The van der Waals surface area contributed by atoms with Crippen molar-refractivity contribution in [3.63, 3.8) is 0 Å². The lowest BCUT2D eigenvalue weighted by molar-refractivity contribution is 0.596. The summed E-state index contributed by atoms with van der Waals surface area (Å²) in [6.07, 6.45) is 10.2. The zero-order valence-corrected chi connectivity index (χ0v) is 17.2. The van der Waals surface area contributed by atoms with Gasteiger partial charge in [-0.25, -0.2) is 8.42 Å². The molecule has 2 heterocycles. The maximum atomic E-state index is 12.9. The van der Waals surface area contributed by atoms with E-state index >= 15 is 0 Å². The Morgan fingerprint density at radius 1 is 0.548 bits per heavy atom. The number of sulfone groups is 1. The van der Waals surface area contributed by atoms with Crippen molar-refractivity contribution in [1.82, 2.24) is 9.97 Å². The van der Waals surface area contributed by atoms with Crippen LogP contribution in [-0.2, 0) is 9.84 Å². The number of rotatable bonds is 6. The molecule has 0 aliphatic heterocycles. The second-order valence-corrected chi connectivity index (χ2v) is 8.52. The molecule has 0 radical (unpaired) electrons. The highest BCUT2D eigenvalue weighted by molar-refractivity contribution is 7.91. The van der Waals surface area contributed by atoms with Crippen molar-refractivity contribution in [2.45, 2.75) is 9.79 Å². The molecule has 0 amide bonds. The first-order chi connectivity index (χ1) is 15.1. The van der Waals surface area contributed by atoms with Gasteiger partial charge in [0.05, 0.1) is 21.2 Å². The SMILES string of the molecule is O=S(=O)(c1ccc(N=Cc2ccncc2)cc1)c1ccc(N=Cc2ccncc2)cc1. The molecule has 0 bridgehead atoms. The Kier molecular flexibility index (Phi) is 6.05. The lowest BCUT2D eigenvalue weighted by Gasteiger charge is -2.05. The molecule has 0 N–H and O–H groups in total. The number of hydrogen-bond acceptors (Lipinski definition) is 6. The Morgan fingerprint density at radius 2 is 0.903 bits per heavy atom. The molecule has 0 spiro atoms. The highest BCUT2D eigenvalue weighted by Crippen LogP contribution is 2.25. The van der Waals surface area contributed by atoms with Crippen molar-refractivity contribution in [1.29, 1.82) is 0 Å². The molecule has 152 valence electrons. The van der Waals surface area contributed by atoms with Crippen LogP contribution < -0.4 is 0 Å². The molecule has 4 aromatic rings. The number of aliphatic imine (C=N–C) groups is 2. The summed E-state index contributed by atoms with van der Waals surface area (Å²) in [5.74, 6) is 0. The van der Waals surface area contributed by atoms with E-state index in [9.17, 15) is 8.42 Å². The third-order valence-corrected chi connectivity index (χ3v) is 6.22. The van der Waals surface area contributed by atoms with Gasteiger partial charge in [0.1, 0.15) is 0 Å². The van der Waals surface area contributed by atoms with Crippen LogP contribution in [0.3, 0.4) is 0 Å². The van der Waals surface area contributed by atoms with Gasteiger partial charge in [-0.05, 0) is 83.9 Å². The quantitative estimate of drug-likeness (QED) is 0.414. The second kappa shape index (κ2) is 9.23. The largest absolute Gasteiger partial charge is 0.265 e. The standard InChI is InChI=1S/C24H18N4O2S/c29-31(30,23-5-1-21(2-6-23)27-17-19-9-13-25-14-10-19)24-7-3-22(4-8-24)28-18-20-11-15-26-16-12-20/h1-18H. The van der Waals surface area contributed by atoms with Crippen LogP contribution in [0.2, 0.25) is 0 Å². The first-order valence-electron chi connectivity index (χ1n) is 9.45. The summed E-state index contributed by atoms with van der Waals surface area (Å²) >= 11 is 0. The van der Waals surface area contributed by atoms with Gasteiger partial charge in [0.25, 0.3) is 0 Å². The minimum absolute atomic E-state index is 0.211. The highest BCUT2D eigenvalue weighted by Gasteiger charge is 2.17. The van der Waals surface area contributed by atoms with E-state index in [0.717, 1.165) is 11.1 Å². The topological polar surface area (TPSA) is 84.6 Å². The Bertz CT molecular complexity index is 1200. The Balaban J connectivity index is 1.49. The number of pyridine rings is 2. The van der Waals surface area contributed by atoms with E-state index in [1.807, 2.05) is 24.3 Å². The Hall–Kier alpha value is -3.97. The van der Waals surface area contributed by atoms with Crippen LogP contribution in [0.25, 0.3) is 0 Å². The average molecular weight is 427 g/mol. The molecule has 0 saturated carbocycles. The molecule has 0 saturated heterocycles. The highest BCUT2D eigenvalue weighted by atomic mass is 32.2. The van der Waals surface area contributed by atoms with Crippen LogP contribution in [0.4, 0.5) is 11.4 Å². The van der Waals surface area contributed by atoms with E-state index in [0.29, 0.717) is 11.4 Å². The maximum Gasteiger partial charge on any atom is 0.206 e. The minimum Gasteiger partial charge on any atom is -0.265 e. The fourth-order valence-electron chi connectivity index (χ4n) is 2.76.